The van der Waals surface area contributed by atoms with E-state index in [1.165, 1.54) is 7.11 Å². The van der Waals surface area contributed by atoms with Gasteiger partial charge in [-0.25, -0.2) is 13.2 Å². The lowest BCUT2D eigenvalue weighted by Gasteiger charge is -2.41. The van der Waals surface area contributed by atoms with Gasteiger partial charge in [-0.3, -0.25) is 14.5 Å². The molecule has 0 spiro atoms. The van der Waals surface area contributed by atoms with E-state index in [1.54, 1.807) is 42.5 Å². The second-order valence-corrected chi connectivity index (χ2v) is 10.5. The maximum absolute atomic E-state index is 13.5. The zero-order chi connectivity index (χ0) is 26.5. The standard InChI is InChI=1S/C24H30N4O7S/c1-16-6-4-7-17(14-16)20(15-21(29)30)26-22(31)23-27(12-5-13-28(23)36(3,33)34)24(32)25-18-8-10-19(35-2)11-9-18/h4,6-11,14,20,23H,5,12-13,15H2,1-3H3,(H,25,32)(H,26,31)(H,29,30). The van der Waals surface area contributed by atoms with Gasteiger partial charge in [0.25, 0.3) is 5.91 Å². The first-order chi connectivity index (χ1) is 17.0. The molecule has 36 heavy (non-hydrogen) atoms. The maximum atomic E-state index is 13.5. The molecule has 2 atom stereocenters. The quantitative estimate of drug-likeness (QED) is 0.485. The SMILES string of the molecule is COc1ccc(NC(=O)N2CCCN(S(C)(=O)=O)C2C(=O)NC(CC(=O)O)c2cccc(C)c2)cc1. The smallest absolute Gasteiger partial charge is 0.323 e. The minimum Gasteiger partial charge on any atom is -0.497 e. The molecule has 2 unspecified atom stereocenters. The number of hydrogen-bond donors (Lipinski definition) is 3. The maximum Gasteiger partial charge on any atom is 0.323 e. The number of hydrogen-bond acceptors (Lipinski definition) is 6. The van der Waals surface area contributed by atoms with Gasteiger partial charge in [0.1, 0.15) is 5.75 Å². The average Bonchev–Trinajstić information content (AvgIpc) is 2.82. The Kier molecular flexibility index (Phi) is 8.53. The monoisotopic (exact) mass is 518 g/mol. The molecule has 0 aliphatic carbocycles. The number of nitrogens with one attached hydrogen (secondary N) is 2. The van der Waals surface area contributed by atoms with Gasteiger partial charge in [0.2, 0.25) is 10.0 Å². The van der Waals surface area contributed by atoms with Crippen LogP contribution < -0.4 is 15.4 Å². The van der Waals surface area contributed by atoms with Crippen molar-refractivity contribution in [1.29, 1.82) is 0 Å². The number of methoxy groups -OCH3 is 1. The van der Waals surface area contributed by atoms with Gasteiger partial charge in [-0.05, 0) is 43.2 Å². The van der Waals surface area contributed by atoms with Gasteiger partial charge in [-0.2, -0.15) is 4.31 Å². The van der Waals surface area contributed by atoms with E-state index in [2.05, 4.69) is 10.6 Å². The molecule has 3 amide bonds. The topological polar surface area (TPSA) is 145 Å². The van der Waals surface area contributed by atoms with E-state index >= 15 is 0 Å². The fourth-order valence-corrected chi connectivity index (χ4v) is 5.09. The van der Waals surface area contributed by atoms with E-state index in [1.807, 2.05) is 13.0 Å². The summed E-state index contributed by atoms with van der Waals surface area (Å²) in [7, 11) is -2.37. The van der Waals surface area contributed by atoms with Crippen molar-refractivity contribution in [2.45, 2.75) is 32.0 Å². The summed E-state index contributed by atoms with van der Waals surface area (Å²) in [6.45, 7) is 2.00. The highest BCUT2D eigenvalue weighted by atomic mass is 32.2. The fraction of sp³-hybridized carbons (Fsp3) is 0.375. The Morgan fingerprint density at radius 1 is 1.14 bits per heavy atom. The predicted molar refractivity (Wildman–Crippen MR) is 133 cm³/mol. The molecule has 1 fully saturated rings. The van der Waals surface area contributed by atoms with Crippen molar-refractivity contribution < 1.29 is 32.6 Å². The Labute approximate surface area is 210 Å². The number of benzene rings is 2. The number of carboxylic acids is 1. The molecule has 1 heterocycles. The zero-order valence-electron chi connectivity index (χ0n) is 20.3. The number of carbonyl (C=O) groups excluding carboxylic acids is 2. The number of aliphatic carboxylic acids is 1. The second kappa shape index (κ2) is 11.4. The third-order valence-electron chi connectivity index (χ3n) is 5.75. The molecule has 1 saturated heterocycles. The molecule has 1 aliphatic rings. The van der Waals surface area contributed by atoms with E-state index in [0.717, 1.165) is 21.0 Å². The molecule has 3 N–H and O–H groups in total. The fourth-order valence-electron chi connectivity index (χ4n) is 4.06. The van der Waals surface area contributed by atoms with Crippen LogP contribution in [-0.2, 0) is 19.6 Å². The highest BCUT2D eigenvalue weighted by Crippen LogP contribution is 2.24. The van der Waals surface area contributed by atoms with Gasteiger partial charge >= 0.3 is 12.0 Å². The summed E-state index contributed by atoms with van der Waals surface area (Å²) in [6.07, 6.45) is -0.622. The highest BCUT2D eigenvalue weighted by Gasteiger charge is 2.43. The van der Waals surface area contributed by atoms with E-state index < -0.39 is 46.6 Å². The number of nitrogens with zero attached hydrogens (tertiary/aromatic N) is 2. The average molecular weight is 519 g/mol. The zero-order valence-corrected chi connectivity index (χ0v) is 21.1. The van der Waals surface area contributed by atoms with Gasteiger partial charge in [-0.15, -0.1) is 0 Å². The second-order valence-electron chi connectivity index (χ2n) is 8.53. The molecule has 2 aromatic rings. The largest absolute Gasteiger partial charge is 0.497 e. The molecule has 0 radical (unpaired) electrons. The molecule has 0 saturated carbocycles. The number of amides is 3. The lowest BCUT2D eigenvalue weighted by Crippen LogP contribution is -2.64. The molecule has 3 rings (SSSR count). The number of sulfonamides is 1. The molecular weight excluding hydrogens is 488 g/mol. The molecule has 0 aromatic heterocycles. The van der Waals surface area contributed by atoms with Gasteiger partial charge < -0.3 is 20.5 Å². The number of urea groups is 1. The van der Waals surface area contributed by atoms with E-state index in [-0.39, 0.29) is 13.1 Å². The first kappa shape index (κ1) is 27.0. The summed E-state index contributed by atoms with van der Waals surface area (Å²) in [5.41, 5.74) is 1.86. The van der Waals surface area contributed by atoms with Crippen LogP contribution in [0.3, 0.4) is 0 Å². The van der Waals surface area contributed by atoms with Gasteiger partial charge in [-0.1, -0.05) is 29.8 Å². The van der Waals surface area contributed by atoms with Crippen LogP contribution in [0.1, 0.15) is 30.0 Å². The number of rotatable bonds is 8. The Bertz CT molecular complexity index is 1220. The van der Waals surface area contributed by atoms with Crippen LogP contribution in [0.15, 0.2) is 48.5 Å². The number of ether oxygens (including phenoxy) is 1. The van der Waals surface area contributed by atoms with Gasteiger partial charge in [0.15, 0.2) is 6.17 Å². The lowest BCUT2D eigenvalue weighted by molar-refractivity contribution is -0.138. The van der Waals surface area contributed by atoms with E-state index in [0.29, 0.717) is 23.4 Å². The summed E-state index contributed by atoms with van der Waals surface area (Å²) in [5.74, 6) is -1.34. The number of anilines is 1. The van der Waals surface area contributed by atoms with Crippen molar-refractivity contribution >= 4 is 33.6 Å². The normalized spacial score (nSPS) is 17.2. The number of aryl methyl sites for hydroxylation is 1. The first-order valence-corrected chi connectivity index (χ1v) is 13.1. The Morgan fingerprint density at radius 2 is 1.83 bits per heavy atom. The van der Waals surface area contributed by atoms with Gasteiger partial charge in [0, 0.05) is 18.8 Å². The van der Waals surface area contributed by atoms with Crippen molar-refractivity contribution in [3.63, 3.8) is 0 Å². The van der Waals surface area contributed by atoms with E-state index in [9.17, 15) is 27.9 Å². The molecule has 12 heteroatoms. The van der Waals surface area contributed by atoms with Crippen LogP contribution >= 0.6 is 0 Å². The van der Waals surface area contributed by atoms with Crippen LogP contribution in [0.5, 0.6) is 5.75 Å². The third-order valence-corrected chi connectivity index (χ3v) is 6.98. The van der Waals surface area contributed by atoms with Crippen LogP contribution in [0.2, 0.25) is 0 Å². The predicted octanol–water partition coefficient (Wildman–Crippen LogP) is 2.16. The highest BCUT2D eigenvalue weighted by molar-refractivity contribution is 7.88. The van der Waals surface area contributed by atoms with Crippen LogP contribution in [0.25, 0.3) is 0 Å². The molecular formula is C24H30N4O7S. The summed E-state index contributed by atoms with van der Waals surface area (Å²) >= 11 is 0. The summed E-state index contributed by atoms with van der Waals surface area (Å²) in [4.78, 5) is 39.4. The van der Waals surface area contributed by atoms with Crippen LogP contribution in [0.4, 0.5) is 10.5 Å². The number of carboxylic acid groups (broad SMARTS) is 1. The van der Waals surface area contributed by atoms with Crippen molar-refractivity contribution in [2.24, 2.45) is 0 Å². The molecule has 1 aliphatic heterocycles. The lowest BCUT2D eigenvalue weighted by atomic mass is 10.0. The van der Waals surface area contributed by atoms with Crippen molar-refractivity contribution in [2.75, 3.05) is 31.8 Å². The summed E-state index contributed by atoms with van der Waals surface area (Å²) in [6, 6.07) is 11.9. The summed E-state index contributed by atoms with van der Waals surface area (Å²) in [5, 5.41) is 14.8. The van der Waals surface area contributed by atoms with E-state index in [4.69, 9.17) is 4.74 Å². The summed E-state index contributed by atoms with van der Waals surface area (Å²) < 4.78 is 31.2. The molecule has 11 nitrogen and oxygen atoms in total. The molecule has 194 valence electrons. The van der Waals surface area contributed by atoms with Crippen LogP contribution in [-0.4, -0.2) is 73.3 Å². The minimum atomic E-state index is -3.88. The van der Waals surface area contributed by atoms with Crippen LogP contribution in [0, 0.1) is 6.92 Å². The Morgan fingerprint density at radius 3 is 2.42 bits per heavy atom. The third kappa shape index (κ3) is 6.73. The minimum absolute atomic E-state index is 0.0390. The van der Waals surface area contributed by atoms with Crippen molar-refractivity contribution in [3.8, 4) is 5.75 Å². The Hall–Kier alpha value is -3.64. The molecule has 0 bridgehead atoms. The van der Waals surface area contributed by atoms with Crippen molar-refractivity contribution in [1.82, 2.24) is 14.5 Å². The van der Waals surface area contributed by atoms with Crippen molar-refractivity contribution in [3.05, 3.63) is 59.7 Å². The molecule has 2 aromatic carbocycles. The number of carbonyl (C=O) groups is 3. The first-order valence-electron chi connectivity index (χ1n) is 11.3. The Balaban J connectivity index is 1.90. The van der Waals surface area contributed by atoms with Gasteiger partial charge in [0.05, 0.1) is 25.8 Å².